The minimum absolute atomic E-state index is 0.207. The van der Waals surface area contributed by atoms with Crippen molar-refractivity contribution >= 4 is 28.4 Å². The van der Waals surface area contributed by atoms with Crippen LogP contribution >= 0.6 is 0 Å². The van der Waals surface area contributed by atoms with Crippen LogP contribution in [-0.4, -0.2) is 47.1 Å². The van der Waals surface area contributed by atoms with E-state index < -0.39 is 17.8 Å². The Bertz CT molecular complexity index is 1090. The summed E-state index contributed by atoms with van der Waals surface area (Å²) in [6.45, 7) is 1.49. The molecule has 0 unspecified atom stereocenters. The molecule has 1 N–H and O–H groups in total. The van der Waals surface area contributed by atoms with Gasteiger partial charge < -0.3 is 15.1 Å². The summed E-state index contributed by atoms with van der Waals surface area (Å²) in [6, 6.07) is 11.6. The van der Waals surface area contributed by atoms with Crippen molar-refractivity contribution in [3.8, 4) is 0 Å². The fraction of sp³-hybridized carbons (Fsp3) is 0.286. The van der Waals surface area contributed by atoms with Gasteiger partial charge in [-0.25, -0.2) is 19.2 Å². The van der Waals surface area contributed by atoms with Gasteiger partial charge in [0.05, 0.1) is 5.52 Å². The van der Waals surface area contributed by atoms with Gasteiger partial charge in [-0.2, -0.15) is 13.2 Å². The van der Waals surface area contributed by atoms with E-state index >= 15 is 0 Å². The number of aromatic nitrogens is 2. The van der Waals surface area contributed by atoms with Crippen LogP contribution in [0.25, 0.3) is 10.9 Å². The molecule has 2 heterocycles. The van der Waals surface area contributed by atoms with Crippen molar-refractivity contribution in [1.82, 2.24) is 14.9 Å². The number of halogens is 4. The highest BCUT2D eigenvalue weighted by atomic mass is 19.4. The molecule has 1 aromatic heterocycles. The smallest absolute Gasteiger partial charge is 0.354 e. The van der Waals surface area contributed by atoms with E-state index in [-0.39, 0.29) is 17.4 Å². The van der Waals surface area contributed by atoms with Crippen LogP contribution in [0, 0.1) is 5.82 Å². The van der Waals surface area contributed by atoms with Gasteiger partial charge in [-0.1, -0.05) is 12.1 Å². The molecule has 1 aliphatic heterocycles. The lowest BCUT2D eigenvalue weighted by atomic mass is 10.2. The number of fused-ring (bicyclic) bond motifs is 1. The standard InChI is InChI=1S/C21H19F4N5O/c22-14-6-8-15(9-7-14)26-20(31)30-11-3-10-29(12-13-30)18-16-4-1-2-5-17(16)27-19(28-18)21(23,24)25/h1-2,4-9H,3,10-13H2,(H,26,31). The molecule has 1 saturated heterocycles. The van der Waals surface area contributed by atoms with Gasteiger partial charge in [0, 0.05) is 37.3 Å². The first-order valence-corrected chi connectivity index (χ1v) is 9.72. The van der Waals surface area contributed by atoms with Crippen LogP contribution in [0.1, 0.15) is 12.2 Å². The quantitative estimate of drug-likeness (QED) is 0.604. The van der Waals surface area contributed by atoms with E-state index in [1.54, 1.807) is 28.0 Å². The third-order valence-electron chi connectivity index (χ3n) is 5.01. The van der Waals surface area contributed by atoms with Crippen molar-refractivity contribution in [1.29, 1.82) is 0 Å². The lowest BCUT2D eigenvalue weighted by molar-refractivity contribution is -0.144. The van der Waals surface area contributed by atoms with Gasteiger partial charge in [-0.3, -0.25) is 0 Å². The second-order valence-electron chi connectivity index (χ2n) is 7.15. The molecule has 2 aromatic carbocycles. The van der Waals surface area contributed by atoms with Gasteiger partial charge in [-0.05, 0) is 42.8 Å². The fourth-order valence-corrected chi connectivity index (χ4v) is 3.50. The van der Waals surface area contributed by atoms with Crippen LogP contribution in [0.4, 0.5) is 33.9 Å². The third kappa shape index (κ3) is 4.68. The summed E-state index contributed by atoms with van der Waals surface area (Å²) in [5.74, 6) is -1.38. The van der Waals surface area contributed by atoms with Crippen LogP contribution in [0.2, 0.25) is 0 Å². The summed E-state index contributed by atoms with van der Waals surface area (Å²) in [5.41, 5.74) is 0.680. The number of carbonyl (C=O) groups is 1. The number of amides is 2. The molecule has 10 heteroatoms. The van der Waals surface area contributed by atoms with Gasteiger partial charge in [0.1, 0.15) is 11.6 Å². The molecular weight excluding hydrogens is 414 g/mol. The highest BCUT2D eigenvalue weighted by molar-refractivity contribution is 5.90. The maximum atomic E-state index is 13.3. The minimum Gasteiger partial charge on any atom is -0.354 e. The van der Waals surface area contributed by atoms with Crippen LogP contribution in [0.5, 0.6) is 0 Å². The van der Waals surface area contributed by atoms with Crippen molar-refractivity contribution in [2.45, 2.75) is 12.6 Å². The van der Waals surface area contributed by atoms with E-state index in [2.05, 4.69) is 15.3 Å². The van der Waals surface area contributed by atoms with Crippen LogP contribution in [0.3, 0.4) is 0 Å². The van der Waals surface area contributed by atoms with Crippen molar-refractivity contribution in [3.05, 3.63) is 60.2 Å². The lowest BCUT2D eigenvalue weighted by Gasteiger charge is -2.24. The molecule has 0 atom stereocenters. The maximum absolute atomic E-state index is 13.3. The Kier molecular flexibility index (Phi) is 5.62. The first-order valence-electron chi connectivity index (χ1n) is 9.72. The zero-order valence-corrected chi connectivity index (χ0v) is 16.4. The summed E-state index contributed by atoms with van der Waals surface area (Å²) >= 11 is 0. The Hall–Kier alpha value is -3.43. The first kappa shape index (κ1) is 20.8. The molecule has 0 spiro atoms. The number of alkyl halides is 3. The predicted octanol–water partition coefficient (Wildman–Crippen LogP) is 4.53. The summed E-state index contributed by atoms with van der Waals surface area (Å²) in [6.07, 6.45) is -4.11. The number of hydrogen-bond acceptors (Lipinski definition) is 4. The largest absolute Gasteiger partial charge is 0.451 e. The Morgan fingerprint density at radius 1 is 0.935 bits per heavy atom. The Balaban J connectivity index is 1.54. The lowest BCUT2D eigenvalue weighted by Crippen LogP contribution is -2.38. The normalized spacial score (nSPS) is 15.1. The molecule has 1 fully saturated rings. The Morgan fingerprint density at radius 2 is 1.68 bits per heavy atom. The second-order valence-corrected chi connectivity index (χ2v) is 7.15. The Morgan fingerprint density at radius 3 is 2.42 bits per heavy atom. The number of nitrogens with zero attached hydrogens (tertiary/aromatic N) is 4. The first-order chi connectivity index (χ1) is 14.8. The Labute approximate surface area is 175 Å². The summed E-state index contributed by atoms with van der Waals surface area (Å²) in [4.78, 5) is 23.4. The molecule has 1 aliphatic rings. The molecule has 3 aromatic rings. The average Bonchev–Trinajstić information content (AvgIpc) is 3.00. The van der Waals surface area contributed by atoms with Gasteiger partial charge in [0.25, 0.3) is 0 Å². The number of benzene rings is 2. The van der Waals surface area contributed by atoms with Gasteiger partial charge >= 0.3 is 12.2 Å². The molecule has 0 radical (unpaired) electrons. The number of anilines is 2. The van der Waals surface area contributed by atoms with E-state index in [0.29, 0.717) is 43.7 Å². The molecule has 4 rings (SSSR count). The number of urea groups is 1. The van der Waals surface area contributed by atoms with E-state index in [0.717, 1.165) is 0 Å². The van der Waals surface area contributed by atoms with Crippen molar-refractivity contribution in [2.24, 2.45) is 0 Å². The van der Waals surface area contributed by atoms with Crippen molar-refractivity contribution < 1.29 is 22.4 Å². The highest BCUT2D eigenvalue weighted by Crippen LogP contribution is 2.32. The molecule has 31 heavy (non-hydrogen) atoms. The summed E-state index contributed by atoms with van der Waals surface area (Å²) in [5, 5.41) is 3.23. The molecular formula is C21H19F4N5O. The number of para-hydroxylation sites is 1. The zero-order valence-electron chi connectivity index (χ0n) is 16.4. The monoisotopic (exact) mass is 433 g/mol. The number of rotatable bonds is 2. The number of hydrogen-bond donors (Lipinski definition) is 1. The van der Waals surface area contributed by atoms with Crippen molar-refractivity contribution in [3.63, 3.8) is 0 Å². The molecule has 6 nitrogen and oxygen atoms in total. The van der Waals surface area contributed by atoms with Crippen LogP contribution in [0.15, 0.2) is 48.5 Å². The maximum Gasteiger partial charge on any atom is 0.451 e. The number of carbonyl (C=O) groups excluding carboxylic acids is 1. The minimum atomic E-state index is -4.66. The zero-order chi connectivity index (χ0) is 22.0. The van der Waals surface area contributed by atoms with Gasteiger partial charge in [0.15, 0.2) is 0 Å². The fourth-order valence-electron chi connectivity index (χ4n) is 3.50. The van der Waals surface area contributed by atoms with Crippen LogP contribution in [-0.2, 0) is 6.18 Å². The number of nitrogens with one attached hydrogen (secondary N) is 1. The summed E-state index contributed by atoms with van der Waals surface area (Å²) < 4.78 is 53.0. The molecule has 0 saturated carbocycles. The highest BCUT2D eigenvalue weighted by Gasteiger charge is 2.36. The molecule has 0 aliphatic carbocycles. The molecule has 0 bridgehead atoms. The topological polar surface area (TPSA) is 61.4 Å². The summed E-state index contributed by atoms with van der Waals surface area (Å²) in [7, 11) is 0. The predicted molar refractivity (Wildman–Crippen MR) is 108 cm³/mol. The van der Waals surface area contributed by atoms with E-state index in [1.807, 2.05) is 0 Å². The van der Waals surface area contributed by atoms with Crippen LogP contribution < -0.4 is 10.2 Å². The van der Waals surface area contributed by atoms with E-state index in [1.165, 1.54) is 30.3 Å². The van der Waals surface area contributed by atoms with E-state index in [4.69, 9.17) is 0 Å². The van der Waals surface area contributed by atoms with Crippen molar-refractivity contribution in [2.75, 3.05) is 36.4 Å². The third-order valence-corrected chi connectivity index (χ3v) is 5.01. The molecule has 2 amide bonds. The van der Waals surface area contributed by atoms with Gasteiger partial charge in [0.2, 0.25) is 5.82 Å². The van der Waals surface area contributed by atoms with Gasteiger partial charge in [-0.15, -0.1) is 0 Å². The SMILES string of the molecule is O=C(Nc1ccc(F)cc1)N1CCCN(c2nc(C(F)(F)F)nc3ccccc23)CC1. The van der Waals surface area contributed by atoms with E-state index in [9.17, 15) is 22.4 Å². The second kappa shape index (κ2) is 8.37. The molecule has 162 valence electrons. The average molecular weight is 433 g/mol.